The Balaban J connectivity index is 2.51. The summed E-state index contributed by atoms with van der Waals surface area (Å²) in [7, 11) is 3.73. The average Bonchev–Trinajstić information content (AvgIpc) is 1.83. The van der Waals surface area contributed by atoms with E-state index in [0.717, 1.165) is 13.0 Å². The van der Waals surface area contributed by atoms with Crippen molar-refractivity contribution >= 4 is 5.91 Å². The number of amides is 1. The Kier molecular flexibility index (Phi) is 1.71. The first-order valence-electron chi connectivity index (χ1n) is 3.19. The van der Waals surface area contributed by atoms with E-state index in [1.54, 1.807) is 5.01 Å². The van der Waals surface area contributed by atoms with Gasteiger partial charge in [-0.2, -0.15) is 0 Å². The Bertz CT molecular complexity index is 124. The smallest absolute Gasteiger partial charge is 0.236 e. The predicted octanol–water partition coefficient (Wildman–Crippen LogP) is 0.0854. The van der Waals surface area contributed by atoms with E-state index in [2.05, 4.69) is 0 Å². The maximum absolute atomic E-state index is 10.9. The van der Waals surface area contributed by atoms with Gasteiger partial charge in [0.2, 0.25) is 5.91 Å². The van der Waals surface area contributed by atoms with Gasteiger partial charge in [-0.05, 0) is 6.42 Å². The minimum Gasteiger partial charge on any atom is -0.279 e. The van der Waals surface area contributed by atoms with E-state index in [4.69, 9.17) is 0 Å². The lowest BCUT2D eigenvalue weighted by Gasteiger charge is -2.32. The van der Waals surface area contributed by atoms with Crippen LogP contribution in [0.2, 0.25) is 0 Å². The second-order valence-corrected chi connectivity index (χ2v) is 2.40. The monoisotopic (exact) mass is 128 g/mol. The Morgan fingerprint density at radius 2 is 2.11 bits per heavy atom. The van der Waals surface area contributed by atoms with E-state index in [1.165, 1.54) is 0 Å². The van der Waals surface area contributed by atoms with Crippen LogP contribution in [0.1, 0.15) is 12.8 Å². The summed E-state index contributed by atoms with van der Waals surface area (Å²) in [5.74, 6) is 0.226. The summed E-state index contributed by atoms with van der Waals surface area (Å²) in [6.45, 7) is 1.00. The lowest BCUT2D eigenvalue weighted by atomic mass is 10.2. The molecule has 0 aromatic rings. The lowest BCUT2D eigenvalue weighted by molar-refractivity contribution is -0.148. The molecule has 1 aliphatic heterocycles. The van der Waals surface area contributed by atoms with Crippen LogP contribution in [0.3, 0.4) is 0 Å². The summed E-state index contributed by atoms with van der Waals surface area (Å²) in [4.78, 5) is 10.9. The fourth-order valence-electron chi connectivity index (χ4n) is 0.961. The van der Waals surface area contributed by atoms with Crippen molar-refractivity contribution in [3.8, 4) is 0 Å². The molecule has 1 heterocycles. The second kappa shape index (κ2) is 2.35. The van der Waals surface area contributed by atoms with Crippen LogP contribution >= 0.6 is 0 Å². The van der Waals surface area contributed by atoms with Crippen molar-refractivity contribution in [1.29, 1.82) is 0 Å². The molecule has 3 heteroatoms. The summed E-state index contributed by atoms with van der Waals surface area (Å²) in [5.41, 5.74) is 0. The molecule has 9 heavy (non-hydrogen) atoms. The standard InChI is InChI=1S/C6H12N2O/c1-7-5-3-4-6(9)8(7)2/h3-5H2,1-2H3. The van der Waals surface area contributed by atoms with E-state index in [0.29, 0.717) is 6.42 Å². The summed E-state index contributed by atoms with van der Waals surface area (Å²) >= 11 is 0. The number of carbonyl (C=O) groups excluding carboxylic acids is 1. The van der Waals surface area contributed by atoms with Gasteiger partial charge in [0.1, 0.15) is 0 Å². The molecule has 52 valence electrons. The van der Waals surface area contributed by atoms with Crippen molar-refractivity contribution in [3.63, 3.8) is 0 Å². The van der Waals surface area contributed by atoms with Gasteiger partial charge in [-0.25, -0.2) is 5.01 Å². The minimum absolute atomic E-state index is 0.226. The molecule has 0 saturated carbocycles. The minimum atomic E-state index is 0.226. The fraction of sp³-hybridized carbons (Fsp3) is 0.833. The first-order valence-corrected chi connectivity index (χ1v) is 3.19. The SMILES string of the molecule is CN1CCCC(=O)N1C. The normalized spacial score (nSPS) is 22.9. The van der Waals surface area contributed by atoms with Crippen molar-refractivity contribution in [2.45, 2.75) is 12.8 Å². The molecule has 1 saturated heterocycles. The van der Waals surface area contributed by atoms with Gasteiger partial charge in [0, 0.05) is 27.1 Å². The number of hydrazine groups is 1. The average molecular weight is 128 g/mol. The number of nitrogens with zero attached hydrogens (tertiary/aromatic N) is 2. The fourth-order valence-corrected chi connectivity index (χ4v) is 0.961. The summed E-state index contributed by atoms with van der Waals surface area (Å²) < 4.78 is 0. The predicted molar refractivity (Wildman–Crippen MR) is 34.6 cm³/mol. The quantitative estimate of drug-likeness (QED) is 0.461. The highest BCUT2D eigenvalue weighted by Gasteiger charge is 2.17. The van der Waals surface area contributed by atoms with Crippen LogP contribution in [0.25, 0.3) is 0 Å². The highest BCUT2D eigenvalue weighted by Crippen LogP contribution is 2.06. The molecule has 0 spiro atoms. The second-order valence-electron chi connectivity index (χ2n) is 2.40. The number of rotatable bonds is 0. The Morgan fingerprint density at radius 1 is 1.44 bits per heavy atom. The van der Waals surface area contributed by atoms with Gasteiger partial charge in [-0.1, -0.05) is 0 Å². The third-order valence-electron chi connectivity index (χ3n) is 1.75. The highest BCUT2D eigenvalue weighted by molar-refractivity contribution is 5.75. The van der Waals surface area contributed by atoms with E-state index in [-0.39, 0.29) is 5.91 Å². The third-order valence-corrected chi connectivity index (χ3v) is 1.75. The first kappa shape index (κ1) is 6.55. The molecule has 0 aromatic heterocycles. The maximum Gasteiger partial charge on any atom is 0.236 e. The van der Waals surface area contributed by atoms with Gasteiger partial charge in [0.25, 0.3) is 0 Å². The van der Waals surface area contributed by atoms with Crippen LogP contribution in [0, 0.1) is 0 Å². The van der Waals surface area contributed by atoms with E-state index < -0.39 is 0 Å². The number of hydrogen-bond donors (Lipinski definition) is 0. The summed E-state index contributed by atoms with van der Waals surface area (Å²) in [6, 6.07) is 0. The molecule has 0 N–H and O–H groups in total. The van der Waals surface area contributed by atoms with Crippen LogP contribution in [0.4, 0.5) is 0 Å². The highest BCUT2D eigenvalue weighted by atomic mass is 16.2. The number of carbonyl (C=O) groups is 1. The van der Waals surface area contributed by atoms with Gasteiger partial charge < -0.3 is 0 Å². The molecule has 1 fully saturated rings. The summed E-state index contributed by atoms with van der Waals surface area (Å²) in [5, 5.41) is 3.61. The van der Waals surface area contributed by atoms with Crippen molar-refractivity contribution in [3.05, 3.63) is 0 Å². The van der Waals surface area contributed by atoms with Gasteiger partial charge in [-0.3, -0.25) is 9.80 Å². The van der Waals surface area contributed by atoms with Crippen LogP contribution in [0.15, 0.2) is 0 Å². The molecular weight excluding hydrogens is 116 g/mol. The van der Waals surface area contributed by atoms with Crippen molar-refractivity contribution < 1.29 is 4.79 Å². The molecule has 0 bridgehead atoms. The largest absolute Gasteiger partial charge is 0.279 e. The van der Waals surface area contributed by atoms with Gasteiger partial charge >= 0.3 is 0 Å². The van der Waals surface area contributed by atoms with Crippen molar-refractivity contribution in [1.82, 2.24) is 10.0 Å². The number of hydrogen-bond acceptors (Lipinski definition) is 2. The molecule has 0 aromatic carbocycles. The van der Waals surface area contributed by atoms with Crippen LogP contribution in [0.5, 0.6) is 0 Å². The zero-order valence-corrected chi connectivity index (χ0v) is 5.92. The molecule has 1 amide bonds. The topological polar surface area (TPSA) is 23.6 Å². The summed E-state index contributed by atoms with van der Waals surface area (Å²) in [6.07, 6.45) is 1.71. The molecule has 3 nitrogen and oxygen atoms in total. The van der Waals surface area contributed by atoms with Gasteiger partial charge in [0.05, 0.1) is 0 Å². The van der Waals surface area contributed by atoms with Crippen molar-refractivity contribution in [2.24, 2.45) is 0 Å². The van der Waals surface area contributed by atoms with Crippen LogP contribution < -0.4 is 0 Å². The zero-order chi connectivity index (χ0) is 6.85. The van der Waals surface area contributed by atoms with Gasteiger partial charge in [0.15, 0.2) is 0 Å². The Hall–Kier alpha value is -0.570. The third kappa shape index (κ3) is 1.21. The molecule has 0 radical (unpaired) electrons. The Labute approximate surface area is 55.2 Å². The molecule has 0 atom stereocenters. The van der Waals surface area contributed by atoms with Crippen molar-refractivity contribution in [2.75, 3.05) is 20.6 Å². The molecule has 0 aliphatic carbocycles. The van der Waals surface area contributed by atoms with E-state index >= 15 is 0 Å². The molecule has 1 rings (SSSR count). The zero-order valence-electron chi connectivity index (χ0n) is 5.92. The maximum atomic E-state index is 10.9. The van der Waals surface area contributed by atoms with Crippen LogP contribution in [-0.4, -0.2) is 36.6 Å². The first-order chi connectivity index (χ1) is 4.22. The van der Waals surface area contributed by atoms with E-state index in [1.807, 2.05) is 19.1 Å². The Morgan fingerprint density at radius 3 is 2.56 bits per heavy atom. The van der Waals surface area contributed by atoms with E-state index in [9.17, 15) is 4.79 Å². The molecule has 0 unspecified atom stereocenters. The molecule has 1 aliphatic rings. The van der Waals surface area contributed by atoms with Gasteiger partial charge in [-0.15, -0.1) is 0 Å². The lowest BCUT2D eigenvalue weighted by Crippen LogP contribution is -2.45. The van der Waals surface area contributed by atoms with Crippen LogP contribution in [-0.2, 0) is 4.79 Å². The molecular formula is C6H12N2O.